The number of anilines is 1. The molecule has 0 atom stereocenters. The fraction of sp³-hybridized carbons (Fsp3) is 0.240. The average Bonchev–Trinajstić information content (AvgIpc) is 2.72. The molecule has 0 saturated heterocycles. The van der Waals surface area contributed by atoms with Crippen molar-refractivity contribution in [2.45, 2.75) is 32.4 Å². The highest BCUT2D eigenvalue weighted by atomic mass is 32.2. The molecule has 162 valence electrons. The Morgan fingerprint density at radius 2 is 1.35 bits per heavy atom. The van der Waals surface area contributed by atoms with Crippen LogP contribution in [0.25, 0.3) is 0 Å². The Hall–Kier alpha value is -3.12. The van der Waals surface area contributed by atoms with Gasteiger partial charge in [0.2, 0.25) is 10.0 Å². The zero-order chi connectivity index (χ0) is 22.5. The highest BCUT2D eigenvalue weighted by Crippen LogP contribution is 2.22. The van der Waals surface area contributed by atoms with Gasteiger partial charge >= 0.3 is 0 Å². The van der Waals surface area contributed by atoms with Gasteiger partial charge in [0, 0.05) is 11.1 Å². The zero-order valence-electron chi connectivity index (χ0n) is 18.1. The molecule has 0 fully saturated rings. The second kappa shape index (κ2) is 9.35. The van der Waals surface area contributed by atoms with Gasteiger partial charge in [-0.15, -0.1) is 0 Å². The highest BCUT2D eigenvalue weighted by Gasteiger charge is 2.23. The van der Waals surface area contributed by atoms with Crippen molar-refractivity contribution in [2.75, 3.05) is 10.6 Å². The van der Waals surface area contributed by atoms with Crippen LogP contribution in [0.1, 0.15) is 35.3 Å². The van der Waals surface area contributed by atoms with E-state index in [4.69, 9.17) is 0 Å². The summed E-state index contributed by atoms with van der Waals surface area (Å²) in [5.74, 6) is -0.193. The van der Waals surface area contributed by atoms with Crippen molar-refractivity contribution >= 4 is 21.6 Å². The zero-order valence-corrected chi connectivity index (χ0v) is 18.9. The first-order valence-corrected chi connectivity index (χ1v) is 12.0. The predicted molar refractivity (Wildman–Crippen MR) is 126 cm³/mol. The molecule has 0 bridgehead atoms. The van der Waals surface area contributed by atoms with Gasteiger partial charge in [0.1, 0.15) is 0 Å². The van der Waals surface area contributed by atoms with Gasteiger partial charge in [0.05, 0.1) is 18.5 Å². The summed E-state index contributed by atoms with van der Waals surface area (Å²) in [5.41, 5.74) is 2.61. The minimum absolute atomic E-state index is 0.193. The maximum atomic E-state index is 12.8. The Bertz CT molecular complexity index is 1110. The maximum Gasteiger partial charge on any atom is 0.251 e. The molecule has 0 aromatic heterocycles. The number of amides is 1. The molecule has 0 aliphatic heterocycles. The van der Waals surface area contributed by atoms with Crippen LogP contribution < -0.4 is 9.62 Å². The Balaban J connectivity index is 1.73. The van der Waals surface area contributed by atoms with Gasteiger partial charge in [-0.25, -0.2) is 8.42 Å². The number of carbonyl (C=O) groups is 1. The SMILES string of the molecule is CC(C)(Cc1ccccc1)NC(=O)c1ccc(N(Cc2ccccc2)S(C)(=O)=O)cc1. The van der Waals surface area contributed by atoms with Crippen LogP contribution in [-0.2, 0) is 23.0 Å². The first kappa shape index (κ1) is 22.6. The number of rotatable bonds is 8. The van der Waals surface area contributed by atoms with Crippen LogP contribution in [0.15, 0.2) is 84.9 Å². The second-order valence-electron chi connectivity index (χ2n) is 8.30. The molecule has 0 heterocycles. The smallest absolute Gasteiger partial charge is 0.251 e. The molecular formula is C25H28N2O3S. The lowest BCUT2D eigenvalue weighted by Crippen LogP contribution is -2.45. The van der Waals surface area contributed by atoms with E-state index in [9.17, 15) is 13.2 Å². The standard InChI is InChI=1S/C25H28N2O3S/c1-25(2,18-20-10-6-4-7-11-20)26-24(28)22-14-16-23(17-15-22)27(31(3,29)30)19-21-12-8-5-9-13-21/h4-17H,18-19H2,1-3H3,(H,26,28). The lowest BCUT2D eigenvalue weighted by Gasteiger charge is -2.27. The van der Waals surface area contributed by atoms with Gasteiger partial charge in [0.15, 0.2) is 0 Å². The third-order valence-corrected chi connectivity index (χ3v) is 6.07. The van der Waals surface area contributed by atoms with Gasteiger partial charge in [-0.2, -0.15) is 0 Å². The molecule has 0 radical (unpaired) electrons. The molecule has 3 aromatic rings. The summed E-state index contributed by atoms with van der Waals surface area (Å²) in [6.45, 7) is 4.20. The van der Waals surface area contributed by atoms with Crippen molar-refractivity contribution in [3.8, 4) is 0 Å². The molecule has 1 amide bonds. The van der Waals surface area contributed by atoms with Gasteiger partial charge in [0.25, 0.3) is 5.91 Å². The molecule has 1 N–H and O–H groups in total. The molecule has 31 heavy (non-hydrogen) atoms. The highest BCUT2D eigenvalue weighted by molar-refractivity contribution is 7.92. The molecule has 0 saturated carbocycles. The monoisotopic (exact) mass is 436 g/mol. The van der Waals surface area contributed by atoms with Gasteiger partial charge < -0.3 is 5.32 Å². The summed E-state index contributed by atoms with van der Waals surface area (Å²) in [6, 6.07) is 26.1. The molecule has 6 heteroatoms. The van der Waals surface area contributed by atoms with E-state index in [0.29, 0.717) is 17.7 Å². The minimum atomic E-state index is -3.48. The first-order valence-electron chi connectivity index (χ1n) is 10.1. The van der Waals surface area contributed by atoms with Crippen molar-refractivity contribution < 1.29 is 13.2 Å². The van der Waals surface area contributed by atoms with E-state index >= 15 is 0 Å². The number of carbonyl (C=O) groups excluding carboxylic acids is 1. The first-order chi connectivity index (χ1) is 14.6. The van der Waals surface area contributed by atoms with Crippen molar-refractivity contribution in [1.82, 2.24) is 5.32 Å². The van der Waals surface area contributed by atoms with Crippen LogP contribution in [-0.4, -0.2) is 26.1 Å². The number of hydrogen-bond donors (Lipinski definition) is 1. The Labute approximate surface area is 184 Å². The Morgan fingerprint density at radius 1 is 0.839 bits per heavy atom. The van der Waals surface area contributed by atoms with Crippen LogP contribution in [0.5, 0.6) is 0 Å². The summed E-state index contributed by atoms with van der Waals surface area (Å²) in [5, 5.41) is 3.07. The van der Waals surface area contributed by atoms with E-state index in [0.717, 1.165) is 11.1 Å². The average molecular weight is 437 g/mol. The van der Waals surface area contributed by atoms with Crippen LogP contribution in [0.3, 0.4) is 0 Å². The van der Waals surface area contributed by atoms with E-state index in [1.54, 1.807) is 24.3 Å². The van der Waals surface area contributed by atoms with Crippen LogP contribution in [0.2, 0.25) is 0 Å². The summed E-state index contributed by atoms with van der Waals surface area (Å²) in [4.78, 5) is 12.8. The number of nitrogens with one attached hydrogen (secondary N) is 1. The lowest BCUT2D eigenvalue weighted by molar-refractivity contribution is 0.0913. The fourth-order valence-corrected chi connectivity index (χ4v) is 4.35. The predicted octanol–water partition coefficient (Wildman–Crippen LogP) is 4.40. The lowest BCUT2D eigenvalue weighted by atomic mass is 9.94. The summed E-state index contributed by atoms with van der Waals surface area (Å²) < 4.78 is 26.1. The van der Waals surface area contributed by atoms with Gasteiger partial charge in [-0.05, 0) is 55.7 Å². The molecular weight excluding hydrogens is 408 g/mol. The van der Waals surface area contributed by atoms with Gasteiger partial charge in [-0.1, -0.05) is 60.7 Å². The van der Waals surface area contributed by atoms with Crippen LogP contribution in [0, 0.1) is 0 Å². The third kappa shape index (κ3) is 6.43. The molecule has 0 unspecified atom stereocenters. The van der Waals surface area contributed by atoms with Crippen molar-refractivity contribution in [3.05, 3.63) is 102 Å². The number of benzene rings is 3. The van der Waals surface area contributed by atoms with Crippen LogP contribution >= 0.6 is 0 Å². The normalized spacial score (nSPS) is 11.7. The third-order valence-electron chi connectivity index (χ3n) is 4.93. The summed E-state index contributed by atoms with van der Waals surface area (Å²) in [6.07, 6.45) is 1.89. The van der Waals surface area contributed by atoms with E-state index < -0.39 is 15.6 Å². The summed E-state index contributed by atoms with van der Waals surface area (Å²) in [7, 11) is -3.48. The molecule has 0 aliphatic rings. The largest absolute Gasteiger partial charge is 0.347 e. The Kier molecular flexibility index (Phi) is 6.81. The fourth-order valence-electron chi connectivity index (χ4n) is 3.46. The quantitative estimate of drug-likeness (QED) is 0.569. The van der Waals surface area contributed by atoms with Gasteiger partial charge in [-0.3, -0.25) is 9.10 Å². The van der Waals surface area contributed by atoms with E-state index in [-0.39, 0.29) is 12.5 Å². The number of hydrogen-bond acceptors (Lipinski definition) is 3. The molecule has 5 nitrogen and oxygen atoms in total. The van der Waals surface area contributed by atoms with Crippen molar-refractivity contribution in [3.63, 3.8) is 0 Å². The van der Waals surface area contributed by atoms with E-state index in [1.165, 1.54) is 10.6 Å². The number of sulfonamides is 1. The summed E-state index contributed by atoms with van der Waals surface area (Å²) >= 11 is 0. The molecule has 3 rings (SSSR count). The Morgan fingerprint density at radius 3 is 1.87 bits per heavy atom. The molecule has 3 aromatic carbocycles. The second-order valence-corrected chi connectivity index (χ2v) is 10.2. The van der Waals surface area contributed by atoms with Crippen LogP contribution in [0.4, 0.5) is 5.69 Å². The van der Waals surface area contributed by atoms with Crippen molar-refractivity contribution in [2.24, 2.45) is 0 Å². The minimum Gasteiger partial charge on any atom is -0.347 e. The number of nitrogens with zero attached hydrogens (tertiary/aromatic N) is 1. The molecule has 0 spiro atoms. The van der Waals surface area contributed by atoms with E-state index in [2.05, 4.69) is 5.32 Å². The molecule has 0 aliphatic carbocycles. The maximum absolute atomic E-state index is 12.8. The topological polar surface area (TPSA) is 66.5 Å². The van der Waals surface area contributed by atoms with Crippen molar-refractivity contribution in [1.29, 1.82) is 0 Å². The van der Waals surface area contributed by atoms with E-state index in [1.807, 2.05) is 74.5 Å².